The zero-order valence-corrected chi connectivity index (χ0v) is 8.12. The second-order valence-corrected chi connectivity index (χ2v) is 3.74. The third-order valence-electron chi connectivity index (χ3n) is 2.74. The summed E-state index contributed by atoms with van der Waals surface area (Å²) in [6, 6.07) is 5.41. The number of aromatic amines is 1. The van der Waals surface area contributed by atoms with Gasteiger partial charge in [-0.05, 0) is 18.2 Å². The van der Waals surface area contributed by atoms with Gasteiger partial charge in [0, 0.05) is 6.08 Å². The second kappa shape index (κ2) is 2.87. The van der Waals surface area contributed by atoms with Crippen molar-refractivity contribution in [2.45, 2.75) is 12.2 Å². The monoisotopic (exact) mass is 225 g/mol. The highest BCUT2D eigenvalue weighted by Crippen LogP contribution is 2.32. The number of H-pyrrole nitrogens is 1. The second-order valence-electron chi connectivity index (χ2n) is 3.74. The Kier molecular flexibility index (Phi) is 1.70. The van der Waals surface area contributed by atoms with Gasteiger partial charge in [-0.1, -0.05) is 12.1 Å². The fraction of sp³-hybridized carbons (Fsp3) is 0.182. The summed E-state index contributed by atoms with van der Waals surface area (Å²) in [4.78, 5) is 2.95. The van der Waals surface area contributed by atoms with Crippen LogP contribution in [0.5, 0.6) is 0 Å². The van der Waals surface area contributed by atoms with Crippen LogP contribution < -0.4 is 4.57 Å². The molecule has 1 atom stereocenters. The average molecular weight is 225 g/mol. The SMILES string of the molecule is FC(F)(F)C1C=Cc2[nH]c3ccccc3[n+]21. The summed E-state index contributed by atoms with van der Waals surface area (Å²) >= 11 is 0. The largest absolute Gasteiger partial charge is 0.433 e. The number of alkyl halides is 3. The van der Waals surface area contributed by atoms with Crippen LogP contribution in [0.4, 0.5) is 13.2 Å². The summed E-state index contributed by atoms with van der Waals surface area (Å²) in [5.74, 6) is 0.489. The number of hydrogen-bond acceptors (Lipinski definition) is 0. The van der Waals surface area contributed by atoms with E-state index in [0.717, 1.165) is 11.6 Å². The third-order valence-corrected chi connectivity index (χ3v) is 2.74. The third kappa shape index (κ3) is 1.17. The Bertz CT molecular complexity index is 580. The molecule has 0 fully saturated rings. The number of aromatic nitrogens is 2. The van der Waals surface area contributed by atoms with Crippen molar-refractivity contribution in [3.8, 4) is 0 Å². The molecule has 0 aliphatic carbocycles. The molecule has 1 unspecified atom stereocenters. The van der Waals surface area contributed by atoms with Gasteiger partial charge >= 0.3 is 6.18 Å². The van der Waals surface area contributed by atoms with Crippen LogP contribution in [0.3, 0.4) is 0 Å². The van der Waals surface area contributed by atoms with Crippen LogP contribution in [0.25, 0.3) is 17.1 Å². The summed E-state index contributed by atoms with van der Waals surface area (Å²) in [5, 5.41) is 0. The van der Waals surface area contributed by atoms with Crippen LogP contribution >= 0.6 is 0 Å². The van der Waals surface area contributed by atoms with E-state index in [9.17, 15) is 13.2 Å². The Labute approximate surface area is 89.0 Å². The van der Waals surface area contributed by atoms with Crippen molar-refractivity contribution < 1.29 is 17.7 Å². The molecule has 16 heavy (non-hydrogen) atoms. The normalized spacial score (nSPS) is 19.3. The molecule has 1 aliphatic rings. The molecule has 1 N–H and O–H groups in total. The average Bonchev–Trinajstić information content (AvgIpc) is 2.73. The Hall–Kier alpha value is -1.78. The number of nitrogens with zero attached hydrogens (tertiary/aromatic N) is 1. The van der Waals surface area contributed by atoms with E-state index in [4.69, 9.17) is 0 Å². The highest BCUT2D eigenvalue weighted by molar-refractivity contribution is 5.73. The molecule has 2 aromatic rings. The van der Waals surface area contributed by atoms with Crippen LogP contribution in [0.2, 0.25) is 0 Å². The summed E-state index contributed by atoms with van der Waals surface area (Å²) in [5.41, 5.74) is 1.29. The Balaban J connectivity index is 2.27. The molecular formula is C11H8F3N2+. The van der Waals surface area contributed by atoms with Crippen molar-refractivity contribution in [1.82, 2.24) is 4.98 Å². The van der Waals surface area contributed by atoms with Gasteiger partial charge in [-0.25, -0.2) is 9.55 Å². The van der Waals surface area contributed by atoms with E-state index in [0.29, 0.717) is 11.3 Å². The summed E-state index contributed by atoms with van der Waals surface area (Å²) < 4.78 is 39.5. The fourth-order valence-electron chi connectivity index (χ4n) is 2.06. The molecular weight excluding hydrogens is 217 g/mol. The molecule has 1 aromatic carbocycles. The van der Waals surface area contributed by atoms with E-state index in [2.05, 4.69) is 4.98 Å². The lowest BCUT2D eigenvalue weighted by Crippen LogP contribution is -2.45. The molecule has 2 nitrogen and oxygen atoms in total. The van der Waals surface area contributed by atoms with Gasteiger partial charge in [-0.15, -0.1) is 0 Å². The molecule has 0 saturated carbocycles. The van der Waals surface area contributed by atoms with Crippen molar-refractivity contribution in [1.29, 1.82) is 0 Å². The standard InChI is InChI=1S/C11H7F3N2/c12-11(13,14)9-5-6-10-15-7-3-1-2-4-8(7)16(9)10/h1-6,9H/p+1. The first-order valence-corrected chi connectivity index (χ1v) is 4.84. The zero-order valence-electron chi connectivity index (χ0n) is 8.12. The lowest BCUT2D eigenvalue weighted by Gasteiger charge is -2.11. The minimum Gasteiger partial charge on any atom is -0.237 e. The van der Waals surface area contributed by atoms with E-state index in [1.54, 1.807) is 24.3 Å². The van der Waals surface area contributed by atoms with E-state index < -0.39 is 12.2 Å². The molecule has 0 radical (unpaired) electrons. The molecule has 0 saturated heterocycles. The minimum atomic E-state index is -4.25. The van der Waals surface area contributed by atoms with Crippen molar-refractivity contribution in [2.24, 2.45) is 0 Å². The predicted octanol–water partition coefficient (Wildman–Crippen LogP) is 2.59. The lowest BCUT2D eigenvalue weighted by molar-refractivity contribution is -0.709. The van der Waals surface area contributed by atoms with Crippen LogP contribution in [-0.2, 0) is 0 Å². The summed E-state index contributed by atoms with van der Waals surface area (Å²) in [6.45, 7) is 0. The Morgan fingerprint density at radius 1 is 1.19 bits per heavy atom. The molecule has 82 valence electrons. The Morgan fingerprint density at radius 3 is 2.69 bits per heavy atom. The first kappa shape index (κ1) is 9.45. The Morgan fingerprint density at radius 2 is 1.94 bits per heavy atom. The number of fused-ring (bicyclic) bond motifs is 3. The van der Waals surface area contributed by atoms with Crippen molar-refractivity contribution >= 4 is 17.1 Å². The maximum absolute atomic E-state index is 12.8. The van der Waals surface area contributed by atoms with Gasteiger partial charge in [-0.3, -0.25) is 0 Å². The first-order valence-electron chi connectivity index (χ1n) is 4.84. The van der Waals surface area contributed by atoms with Crippen LogP contribution in [0.1, 0.15) is 11.9 Å². The van der Waals surface area contributed by atoms with Crippen molar-refractivity contribution in [3.05, 3.63) is 36.2 Å². The maximum atomic E-state index is 12.8. The first-order chi connectivity index (χ1) is 7.57. The molecule has 1 aromatic heterocycles. The van der Waals surface area contributed by atoms with E-state index in [1.807, 2.05) is 0 Å². The van der Waals surface area contributed by atoms with Crippen LogP contribution in [0, 0.1) is 0 Å². The van der Waals surface area contributed by atoms with Crippen LogP contribution in [0.15, 0.2) is 30.3 Å². The van der Waals surface area contributed by atoms with Gasteiger partial charge in [0.25, 0.3) is 5.82 Å². The molecule has 0 bridgehead atoms. The fourth-order valence-corrected chi connectivity index (χ4v) is 2.06. The van der Waals surface area contributed by atoms with E-state index in [-0.39, 0.29) is 0 Å². The molecule has 2 heterocycles. The molecule has 3 rings (SSSR count). The number of hydrogen-bond donors (Lipinski definition) is 1. The van der Waals surface area contributed by atoms with Gasteiger partial charge < -0.3 is 0 Å². The van der Waals surface area contributed by atoms with Gasteiger partial charge in [0.1, 0.15) is 0 Å². The summed E-state index contributed by atoms with van der Waals surface area (Å²) in [6.07, 6.45) is -1.62. The van der Waals surface area contributed by atoms with E-state index in [1.165, 1.54) is 10.6 Å². The minimum absolute atomic E-state index is 0.489. The number of benzene rings is 1. The lowest BCUT2D eigenvalue weighted by atomic mass is 10.2. The molecule has 5 heteroatoms. The van der Waals surface area contributed by atoms with Crippen molar-refractivity contribution in [2.75, 3.05) is 0 Å². The van der Waals surface area contributed by atoms with Gasteiger partial charge in [0.2, 0.25) is 6.04 Å². The quantitative estimate of drug-likeness (QED) is 0.665. The van der Waals surface area contributed by atoms with Gasteiger partial charge in [0.15, 0.2) is 11.0 Å². The zero-order chi connectivity index (χ0) is 11.3. The van der Waals surface area contributed by atoms with Crippen LogP contribution in [-0.4, -0.2) is 11.2 Å². The molecule has 0 spiro atoms. The van der Waals surface area contributed by atoms with Gasteiger partial charge in [0.05, 0.1) is 0 Å². The number of nitrogens with one attached hydrogen (secondary N) is 1. The smallest absolute Gasteiger partial charge is 0.237 e. The predicted molar refractivity (Wildman–Crippen MR) is 52.6 cm³/mol. The summed E-state index contributed by atoms with van der Waals surface area (Å²) in [7, 11) is 0. The number of rotatable bonds is 0. The van der Waals surface area contributed by atoms with Crippen molar-refractivity contribution in [3.63, 3.8) is 0 Å². The highest BCUT2D eigenvalue weighted by Gasteiger charge is 2.47. The number of allylic oxidation sites excluding steroid dienone is 1. The maximum Gasteiger partial charge on any atom is 0.433 e. The van der Waals surface area contributed by atoms with Gasteiger partial charge in [-0.2, -0.15) is 13.2 Å². The molecule has 0 amide bonds. The highest BCUT2D eigenvalue weighted by atomic mass is 19.4. The van der Waals surface area contributed by atoms with E-state index >= 15 is 0 Å². The number of halogens is 3. The molecule has 1 aliphatic heterocycles. The topological polar surface area (TPSA) is 19.7 Å². The number of para-hydroxylation sites is 2. The number of imidazole rings is 1.